The summed E-state index contributed by atoms with van der Waals surface area (Å²) in [5.74, 6) is 1.75. The molecule has 1 aliphatic carbocycles. The Hall–Kier alpha value is -0.110. The van der Waals surface area contributed by atoms with Crippen LogP contribution in [0.4, 0.5) is 4.39 Å². The van der Waals surface area contributed by atoms with Crippen LogP contribution >= 0.6 is 0 Å². The molecule has 0 unspecified atom stereocenters. The van der Waals surface area contributed by atoms with E-state index in [0.29, 0.717) is 12.6 Å². The zero-order valence-corrected chi connectivity index (χ0v) is 10.1. The maximum absolute atomic E-state index is 13.1. The Morgan fingerprint density at radius 1 is 1.07 bits per heavy atom. The van der Waals surface area contributed by atoms with E-state index in [2.05, 4.69) is 18.7 Å². The summed E-state index contributed by atoms with van der Waals surface area (Å²) in [6, 6.07) is 0.695. The summed E-state index contributed by atoms with van der Waals surface area (Å²) in [4.78, 5) is 2.39. The molecule has 0 spiro atoms. The third-order valence-corrected chi connectivity index (χ3v) is 4.36. The summed E-state index contributed by atoms with van der Waals surface area (Å²) in [6.45, 7) is 6.37. The highest BCUT2D eigenvalue weighted by Crippen LogP contribution is 2.33. The summed E-state index contributed by atoms with van der Waals surface area (Å²) in [6.07, 6.45) is 5.54. The van der Waals surface area contributed by atoms with Crippen molar-refractivity contribution < 1.29 is 4.39 Å². The van der Waals surface area contributed by atoms with Gasteiger partial charge in [0.15, 0.2) is 0 Å². The highest BCUT2D eigenvalue weighted by molar-refractivity contribution is 4.85. The number of alkyl halides is 1. The average molecular weight is 213 g/mol. The van der Waals surface area contributed by atoms with Gasteiger partial charge in [0, 0.05) is 19.1 Å². The van der Waals surface area contributed by atoms with E-state index in [9.17, 15) is 4.39 Å². The van der Waals surface area contributed by atoms with Gasteiger partial charge in [-0.2, -0.15) is 0 Å². The average Bonchev–Trinajstić information content (AvgIpc) is 2.65. The molecular weight excluding hydrogens is 189 g/mol. The van der Waals surface area contributed by atoms with Crippen LogP contribution in [0.5, 0.6) is 0 Å². The van der Waals surface area contributed by atoms with Crippen LogP contribution in [-0.4, -0.2) is 30.2 Å². The van der Waals surface area contributed by atoms with Gasteiger partial charge in [-0.05, 0) is 43.9 Å². The molecule has 0 amide bonds. The molecule has 1 heterocycles. The Balaban J connectivity index is 1.78. The molecule has 2 aliphatic rings. The lowest BCUT2D eigenvalue weighted by atomic mass is 9.79. The molecule has 0 radical (unpaired) electrons. The molecule has 0 aromatic heterocycles. The maximum atomic E-state index is 13.1. The molecule has 1 aliphatic heterocycles. The van der Waals surface area contributed by atoms with E-state index in [0.717, 1.165) is 24.8 Å². The zero-order chi connectivity index (χ0) is 10.8. The zero-order valence-electron chi connectivity index (χ0n) is 10.1. The maximum Gasteiger partial charge on any atom is 0.114 e. The fourth-order valence-corrected chi connectivity index (χ4v) is 3.21. The number of hydrogen-bond donors (Lipinski definition) is 0. The molecule has 1 saturated carbocycles. The Kier molecular flexibility index (Phi) is 3.65. The second-order valence-electron chi connectivity index (χ2n) is 5.69. The van der Waals surface area contributed by atoms with Crippen molar-refractivity contribution in [3.05, 3.63) is 0 Å². The van der Waals surface area contributed by atoms with Crippen molar-refractivity contribution in [1.82, 2.24) is 4.90 Å². The molecular formula is C13H24FN. The van der Waals surface area contributed by atoms with Crippen molar-refractivity contribution in [2.75, 3.05) is 13.1 Å². The van der Waals surface area contributed by atoms with Crippen molar-refractivity contribution in [2.24, 2.45) is 11.8 Å². The molecule has 0 aromatic rings. The lowest BCUT2D eigenvalue weighted by Gasteiger charge is -2.35. The third-order valence-electron chi connectivity index (χ3n) is 4.36. The van der Waals surface area contributed by atoms with Gasteiger partial charge >= 0.3 is 0 Å². The summed E-state index contributed by atoms with van der Waals surface area (Å²) >= 11 is 0. The fraction of sp³-hybridized carbons (Fsp3) is 1.00. The van der Waals surface area contributed by atoms with Crippen LogP contribution in [0, 0.1) is 11.8 Å². The Morgan fingerprint density at radius 3 is 2.20 bits per heavy atom. The Labute approximate surface area is 93.0 Å². The van der Waals surface area contributed by atoms with Crippen molar-refractivity contribution in [1.29, 1.82) is 0 Å². The van der Waals surface area contributed by atoms with E-state index in [1.807, 2.05) is 0 Å². The number of hydrogen-bond acceptors (Lipinski definition) is 1. The van der Waals surface area contributed by atoms with Crippen LogP contribution in [0.15, 0.2) is 0 Å². The number of nitrogens with zero attached hydrogens (tertiary/aromatic N) is 1. The molecule has 1 nitrogen and oxygen atoms in total. The van der Waals surface area contributed by atoms with Gasteiger partial charge in [0.2, 0.25) is 0 Å². The normalized spacial score (nSPS) is 38.8. The topological polar surface area (TPSA) is 3.24 Å². The molecule has 2 fully saturated rings. The van der Waals surface area contributed by atoms with Gasteiger partial charge in [0.05, 0.1) is 0 Å². The minimum atomic E-state index is -0.548. The minimum absolute atomic E-state index is 0.548. The molecule has 2 rings (SSSR count). The van der Waals surface area contributed by atoms with Gasteiger partial charge in [-0.3, -0.25) is 4.90 Å². The van der Waals surface area contributed by atoms with Crippen molar-refractivity contribution in [2.45, 2.75) is 58.2 Å². The first-order valence-corrected chi connectivity index (χ1v) is 6.55. The van der Waals surface area contributed by atoms with Crippen molar-refractivity contribution >= 4 is 0 Å². The molecule has 1 atom stereocenters. The monoisotopic (exact) mass is 213 g/mol. The Morgan fingerprint density at radius 2 is 1.73 bits per heavy atom. The quantitative estimate of drug-likeness (QED) is 0.680. The van der Waals surface area contributed by atoms with Gasteiger partial charge in [-0.25, -0.2) is 4.39 Å². The highest BCUT2D eigenvalue weighted by Gasteiger charge is 2.31. The molecule has 2 heteroatoms. The molecule has 0 N–H and O–H groups in total. The van der Waals surface area contributed by atoms with E-state index in [1.165, 1.54) is 25.7 Å². The van der Waals surface area contributed by atoms with Crippen LogP contribution in [0.2, 0.25) is 0 Å². The van der Waals surface area contributed by atoms with Crippen LogP contribution in [0.3, 0.4) is 0 Å². The van der Waals surface area contributed by atoms with Crippen molar-refractivity contribution in [3.8, 4) is 0 Å². The largest absolute Gasteiger partial charge is 0.297 e. The first-order valence-electron chi connectivity index (χ1n) is 6.55. The minimum Gasteiger partial charge on any atom is -0.297 e. The van der Waals surface area contributed by atoms with Crippen LogP contribution in [-0.2, 0) is 0 Å². The summed E-state index contributed by atoms with van der Waals surface area (Å²) in [7, 11) is 0. The smallest absolute Gasteiger partial charge is 0.114 e. The molecule has 0 aromatic carbocycles. The lowest BCUT2D eigenvalue weighted by Crippen LogP contribution is -2.37. The Bertz CT molecular complexity index is 197. The third kappa shape index (κ3) is 2.72. The first kappa shape index (κ1) is 11.4. The fourth-order valence-electron chi connectivity index (χ4n) is 3.21. The summed E-state index contributed by atoms with van der Waals surface area (Å²) in [5.41, 5.74) is 0. The van der Waals surface area contributed by atoms with Gasteiger partial charge in [0.1, 0.15) is 6.17 Å². The van der Waals surface area contributed by atoms with Gasteiger partial charge < -0.3 is 0 Å². The highest BCUT2D eigenvalue weighted by atomic mass is 19.1. The first-order chi connectivity index (χ1) is 7.16. The standard InChI is InChI=1S/C13H24FN/c1-10(2)11-3-5-13(6-4-11)15-8-7-12(14)9-15/h10-13H,3-9H2,1-2H3/t11?,12-,13?/m1/s1. The summed E-state index contributed by atoms with van der Waals surface area (Å²) in [5, 5.41) is 0. The van der Waals surface area contributed by atoms with Crippen LogP contribution < -0.4 is 0 Å². The van der Waals surface area contributed by atoms with Crippen LogP contribution in [0.25, 0.3) is 0 Å². The second-order valence-corrected chi connectivity index (χ2v) is 5.69. The predicted molar refractivity (Wildman–Crippen MR) is 61.7 cm³/mol. The predicted octanol–water partition coefficient (Wildman–Crippen LogP) is 3.25. The van der Waals surface area contributed by atoms with E-state index in [4.69, 9.17) is 0 Å². The van der Waals surface area contributed by atoms with E-state index < -0.39 is 6.17 Å². The molecule has 88 valence electrons. The van der Waals surface area contributed by atoms with Gasteiger partial charge in [-0.1, -0.05) is 13.8 Å². The SMILES string of the molecule is CC(C)C1CCC(N2CC[C@@H](F)C2)CC1. The molecule has 1 saturated heterocycles. The number of halogens is 1. The second kappa shape index (κ2) is 4.82. The summed E-state index contributed by atoms with van der Waals surface area (Å²) < 4.78 is 13.1. The molecule has 0 bridgehead atoms. The van der Waals surface area contributed by atoms with E-state index in [-0.39, 0.29) is 0 Å². The van der Waals surface area contributed by atoms with Gasteiger partial charge in [0.25, 0.3) is 0 Å². The van der Waals surface area contributed by atoms with Crippen LogP contribution in [0.1, 0.15) is 46.0 Å². The lowest BCUT2D eigenvalue weighted by molar-refractivity contribution is 0.139. The van der Waals surface area contributed by atoms with Crippen molar-refractivity contribution in [3.63, 3.8) is 0 Å². The molecule has 15 heavy (non-hydrogen) atoms. The van der Waals surface area contributed by atoms with E-state index >= 15 is 0 Å². The van der Waals surface area contributed by atoms with Gasteiger partial charge in [-0.15, -0.1) is 0 Å². The number of rotatable bonds is 2. The number of likely N-dealkylation sites (tertiary alicyclic amines) is 1. The van der Waals surface area contributed by atoms with E-state index in [1.54, 1.807) is 0 Å².